The predicted octanol–water partition coefficient (Wildman–Crippen LogP) is 3.69. The maximum Gasteiger partial charge on any atom is 0.138 e. The minimum atomic E-state index is 0.410. The molecule has 19 heavy (non-hydrogen) atoms. The van der Waals surface area contributed by atoms with Gasteiger partial charge in [-0.1, -0.05) is 0 Å². The zero-order valence-electron chi connectivity index (χ0n) is 10.9. The molecule has 0 amide bonds. The molecule has 0 bridgehead atoms. The van der Waals surface area contributed by atoms with Crippen LogP contribution >= 0.6 is 27.5 Å². The number of pyridine rings is 1. The first-order chi connectivity index (χ1) is 9.15. The van der Waals surface area contributed by atoms with E-state index in [1.54, 1.807) is 6.20 Å². The van der Waals surface area contributed by atoms with Crippen molar-refractivity contribution in [1.29, 1.82) is 0 Å². The second-order valence-corrected chi connectivity index (χ2v) is 5.13. The Balaban J connectivity index is 2.09. The Labute approximate surface area is 125 Å². The van der Waals surface area contributed by atoms with Crippen LogP contribution in [0.15, 0.2) is 22.8 Å². The number of ether oxygens (including phenoxy) is 1. The summed E-state index contributed by atoms with van der Waals surface area (Å²) in [6.07, 6.45) is 1.69. The highest BCUT2D eigenvalue weighted by atomic mass is 79.9. The quantitative estimate of drug-likeness (QED) is 0.777. The molecule has 0 aliphatic rings. The lowest BCUT2D eigenvalue weighted by Gasteiger charge is -2.08. The molecule has 0 radical (unpaired) electrons. The fraction of sp³-hybridized carbons (Fsp3) is 0.385. The lowest BCUT2D eigenvalue weighted by molar-refractivity contribution is 0.290. The molecule has 0 saturated carbocycles. The van der Waals surface area contributed by atoms with Gasteiger partial charge >= 0.3 is 0 Å². The van der Waals surface area contributed by atoms with Crippen LogP contribution in [0, 0.1) is 6.92 Å². The molecule has 0 spiro atoms. The van der Waals surface area contributed by atoms with Crippen LogP contribution in [0.4, 0.5) is 0 Å². The SMILES string of the molecule is CCn1nc(C)c(Br)c1COc1ccc(CCl)nc1. The monoisotopic (exact) mass is 343 g/mol. The zero-order valence-corrected chi connectivity index (χ0v) is 13.2. The first-order valence-corrected chi connectivity index (χ1v) is 7.34. The highest BCUT2D eigenvalue weighted by Crippen LogP contribution is 2.22. The van der Waals surface area contributed by atoms with Crippen molar-refractivity contribution in [2.24, 2.45) is 0 Å². The molecule has 102 valence electrons. The molecule has 2 heterocycles. The molecular weight excluding hydrogens is 330 g/mol. The summed E-state index contributed by atoms with van der Waals surface area (Å²) in [5.41, 5.74) is 2.84. The smallest absolute Gasteiger partial charge is 0.138 e. The summed E-state index contributed by atoms with van der Waals surface area (Å²) in [4.78, 5) is 4.19. The van der Waals surface area contributed by atoms with E-state index in [2.05, 4.69) is 32.9 Å². The van der Waals surface area contributed by atoms with Crippen LogP contribution in [0.25, 0.3) is 0 Å². The zero-order chi connectivity index (χ0) is 13.8. The van der Waals surface area contributed by atoms with Crippen LogP contribution < -0.4 is 4.74 Å². The molecule has 0 aliphatic heterocycles. The van der Waals surface area contributed by atoms with E-state index < -0.39 is 0 Å². The van der Waals surface area contributed by atoms with E-state index >= 15 is 0 Å². The Morgan fingerprint density at radius 2 is 2.21 bits per heavy atom. The van der Waals surface area contributed by atoms with E-state index in [1.165, 1.54) is 0 Å². The number of halogens is 2. The number of hydrogen-bond acceptors (Lipinski definition) is 3. The average molecular weight is 345 g/mol. The fourth-order valence-electron chi connectivity index (χ4n) is 1.73. The molecule has 2 aromatic rings. The molecule has 0 atom stereocenters. The van der Waals surface area contributed by atoms with Crippen LogP contribution in [0.1, 0.15) is 24.0 Å². The Morgan fingerprint density at radius 3 is 2.79 bits per heavy atom. The third kappa shape index (κ3) is 3.28. The molecule has 0 saturated heterocycles. The lowest BCUT2D eigenvalue weighted by Crippen LogP contribution is -2.06. The summed E-state index contributed by atoms with van der Waals surface area (Å²) in [6.45, 7) is 5.29. The number of aromatic nitrogens is 3. The summed E-state index contributed by atoms with van der Waals surface area (Å²) in [5, 5.41) is 4.43. The second kappa shape index (κ2) is 6.39. The summed E-state index contributed by atoms with van der Waals surface area (Å²) < 4.78 is 8.66. The first-order valence-electron chi connectivity index (χ1n) is 6.01. The van der Waals surface area contributed by atoms with Crippen molar-refractivity contribution < 1.29 is 4.74 Å². The van der Waals surface area contributed by atoms with Crippen molar-refractivity contribution in [1.82, 2.24) is 14.8 Å². The minimum absolute atomic E-state index is 0.410. The average Bonchev–Trinajstić information content (AvgIpc) is 2.72. The van der Waals surface area contributed by atoms with Gasteiger partial charge in [-0.25, -0.2) is 0 Å². The molecule has 6 heteroatoms. The largest absolute Gasteiger partial charge is 0.486 e. The molecule has 0 fully saturated rings. The number of nitrogens with zero attached hydrogens (tertiary/aromatic N) is 3. The Bertz CT molecular complexity index is 554. The number of hydrogen-bond donors (Lipinski definition) is 0. The third-order valence-corrected chi connectivity index (χ3v) is 4.07. The van der Waals surface area contributed by atoms with Gasteiger partial charge in [0.25, 0.3) is 0 Å². The molecular formula is C13H15BrClN3O. The minimum Gasteiger partial charge on any atom is -0.486 e. The summed E-state index contributed by atoms with van der Waals surface area (Å²) in [5.74, 6) is 1.13. The van der Waals surface area contributed by atoms with Gasteiger partial charge in [-0.3, -0.25) is 9.67 Å². The maximum absolute atomic E-state index is 5.73. The van der Waals surface area contributed by atoms with E-state index in [-0.39, 0.29) is 0 Å². The fourth-order valence-corrected chi connectivity index (χ4v) is 2.29. The topological polar surface area (TPSA) is 39.9 Å². The number of alkyl halides is 1. The number of aryl methyl sites for hydroxylation is 2. The van der Waals surface area contributed by atoms with E-state index in [1.807, 2.05) is 23.7 Å². The van der Waals surface area contributed by atoms with Crippen LogP contribution in [0.3, 0.4) is 0 Å². The van der Waals surface area contributed by atoms with Crippen molar-refractivity contribution in [3.8, 4) is 5.75 Å². The first kappa shape index (κ1) is 14.3. The highest BCUT2D eigenvalue weighted by Gasteiger charge is 2.12. The van der Waals surface area contributed by atoms with Gasteiger partial charge in [-0.05, 0) is 41.9 Å². The van der Waals surface area contributed by atoms with Crippen molar-refractivity contribution in [2.75, 3.05) is 0 Å². The van der Waals surface area contributed by atoms with Gasteiger partial charge < -0.3 is 4.74 Å². The standard InChI is InChI=1S/C13H15BrClN3O/c1-3-18-12(13(14)9(2)17-18)8-19-11-5-4-10(6-15)16-7-11/h4-5,7H,3,6,8H2,1-2H3. The van der Waals surface area contributed by atoms with Crippen molar-refractivity contribution in [3.05, 3.63) is 39.9 Å². The van der Waals surface area contributed by atoms with Crippen LogP contribution in [-0.4, -0.2) is 14.8 Å². The summed E-state index contributed by atoms with van der Waals surface area (Å²) in [7, 11) is 0. The van der Waals surface area contributed by atoms with Crippen LogP contribution in [-0.2, 0) is 19.0 Å². The Kier molecular flexibility index (Phi) is 4.82. The molecule has 0 unspecified atom stereocenters. The van der Waals surface area contributed by atoms with Crippen molar-refractivity contribution >= 4 is 27.5 Å². The van der Waals surface area contributed by atoms with E-state index in [0.29, 0.717) is 12.5 Å². The van der Waals surface area contributed by atoms with E-state index in [9.17, 15) is 0 Å². The molecule has 0 aromatic carbocycles. The summed E-state index contributed by atoms with van der Waals surface area (Å²) >= 11 is 9.24. The summed E-state index contributed by atoms with van der Waals surface area (Å²) in [6, 6.07) is 3.73. The normalized spacial score (nSPS) is 10.7. The van der Waals surface area contributed by atoms with Gasteiger partial charge in [0.2, 0.25) is 0 Å². The van der Waals surface area contributed by atoms with Crippen molar-refractivity contribution in [3.63, 3.8) is 0 Å². The highest BCUT2D eigenvalue weighted by molar-refractivity contribution is 9.10. The maximum atomic E-state index is 5.73. The molecule has 2 rings (SSSR count). The Hall–Kier alpha value is -1.07. The van der Waals surface area contributed by atoms with Gasteiger partial charge in [0, 0.05) is 6.54 Å². The van der Waals surface area contributed by atoms with Gasteiger partial charge in [0.1, 0.15) is 12.4 Å². The Morgan fingerprint density at radius 1 is 1.42 bits per heavy atom. The van der Waals surface area contributed by atoms with Gasteiger partial charge in [-0.15, -0.1) is 11.6 Å². The van der Waals surface area contributed by atoms with Gasteiger partial charge in [0.05, 0.1) is 33.6 Å². The molecule has 4 nitrogen and oxygen atoms in total. The predicted molar refractivity (Wildman–Crippen MR) is 78.5 cm³/mol. The molecule has 0 aliphatic carbocycles. The second-order valence-electron chi connectivity index (χ2n) is 4.07. The van der Waals surface area contributed by atoms with Crippen molar-refractivity contribution in [2.45, 2.75) is 32.9 Å². The van der Waals surface area contributed by atoms with E-state index in [4.69, 9.17) is 16.3 Å². The molecule has 0 N–H and O–H groups in total. The van der Waals surface area contributed by atoms with Crippen LogP contribution in [0.2, 0.25) is 0 Å². The lowest BCUT2D eigenvalue weighted by atomic mass is 10.3. The van der Waals surface area contributed by atoms with E-state index in [0.717, 1.165) is 33.8 Å². The van der Waals surface area contributed by atoms with Gasteiger partial charge in [-0.2, -0.15) is 5.10 Å². The third-order valence-electron chi connectivity index (χ3n) is 2.76. The van der Waals surface area contributed by atoms with Gasteiger partial charge in [0.15, 0.2) is 0 Å². The molecule has 2 aromatic heterocycles. The number of rotatable bonds is 5. The van der Waals surface area contributed by atoms with Crippen LogP contribution in [0.5, 0.6) is 5.75 Å².